The Morgan fingerprint density at radius 3 is 2.33 bits per heavy atom. The lowest BCUT2D eigenvalue weighted by Gasteiger charge is -2.02. The molecule has 0 fully saturated rings. The van der Waals surface area contributed by atoms with Crippen molar-refractivity contribution in [3.8, 4) is 0 Å². The largest absolute Gasteiger partial charge is 0.469 e. The molecule has 4 nitrogen and oxygen atoms in total. The zero-order valence-electron chi connectivity index (χ0n) is 10.1. The summed E-state index contributed by atoms with van der Waals surface area (Å²) in [7, 11) is 2.93. The van der Waals surface area contributed by atoms with E-state index in [-0.39, 0.29) is 10.9 Å². The van der Waals surface area contributed by atoms with Crippen molar-refractivity contribution in [1.29, 1.82) is 0 Å². The number of methoxy groups -OCH3 is 1. The van der Waals surface area contributed by atoms with E-state index in [2.05, 4.69) is 4.74 Å². The third-order valence-corrected chi connectivity index (χ3v) is 3.90. The Bertz CT molecular complexity index is 493. The molecule has 0 bridgehead atoms. The van der Waals surface area contributed by atoms with Crippen molar-refractivity contribution in [2.24, 2.45) is 0 Å². The topological polar surface area (TPSA) is 60.4 Å². The van der Waals surface area contributed by atoms with Gasteiger partial charge in [-0.2, -0.15) is 0 Å². The van der Waals surface area contributed by atoms with Gasteiger partial charge in [-0.05, 0) is 37.0 Å². The van der Waals surface area contributed by atoms with E-state index in [4.69, 9.17) is 10.7 Å². The smallest absolute Gasteiger partial charge is 0.305 e. The van der Waals surface area contributed by atoms with Crippen molar-refractivity contribution >= 4 is 25.7 Å². The lowest BCUT2D eigenvalue weighted by atomic mass is 10.1. The third-order valence-electron chi connectivity index (χ3n) is 2.53. The molecule has 0 aliphatic carbocycles. The summed E-state index contributed by atoms with van der Waals surface area (Å²) in [5, 5.41) is 0. The molecule has 0 heterocycles. The molecule has 0 aromatic heterocycles. The normalized spacial score (nSPS) is 11.2. The zero-order valence-corrected chi connectivity index (χ0v) is 11.6. The second-order valence-electron chi connectivity index (χ2n) is 3.87. The highest BCUT2D eigenvalue weighted by molar-refractivity contribution is 8.13. The van der Waals surface area contributed by atoms with Crippen LogP contribution in [0.15, 0.2) is 29.2 Å². The number of esters is 1. The van der Waals surface area contributed by atoms with Gasteiger partial charge in [0.15, 0.2) is 0 Å². The molecule has 100 valence electrons. The second kappa shape index (κ2) is 6.75. The van der Waals surface area contributed by atoms with Crippen LogP contribution >= 0.6 is 10.7 Å². The Balaban J connectivity index is 2.43. The number of halogens is 1. The number of carbonyl (C=O) groups excluding carboxylic acids is 1. The fourth-order valence-corrected chi connectivity index (χ4v) is 2.29. The van der Waals surface area contributed by atoms with Crippen LogP contribution in [0.2, 0.25) is 0 Å². The van der Waals surface area contributed by atoms with Gasteiger partial charge in [0.05, 0.1) is 12.0 Å². The van der Waals surface area contributed by atoms with E-state index in [1.165, 1.54) is 19.2 Å². The van der Waals surface area contributed by atoms with E-state index in [9.17, 15) is 13.2 Å². The first kappa shape index (κ1) is 15.0. The maximum atomic E-state index is 11.0. The molecule has 0 amide bonds. The van der Waals surface area contributed by atoms with E-state index < -0.39 is 9.05 Å². The molecule has 0 saturated carbocycles. The van der Waals surface area contributed by atoms with Crippen LogP contribution in [0.5, 0.6) is 0 Å². The van der Waals surface area contributed by atoms with Gasteiger partial charge in [-0.15, -0.1) is 0 Å². The predicted molar refractivity (Wildman–Crippen MR) is 69.1 cm³/mol. The monoisotopic (exact) mass is 290 g/mol. The maximum absolute atomic E-state index is 11.0. The van der Waals surface area contributed by atoms with Gasteiger partial charge in [0.1, 0.15) is 0 Å². The number of rotatable bonds is 6. The van der Waals surface area contributed by atoms with Crippen molar-refractivity contribution in [3.63, 3.8) is 0 Å². The van der Waals surface area contributed by atoms with Crippen molar-refractivity contribution in [3.05, 3.63) is 29.8 Å². The number of hydrogen-bond acceptors (Lipinski definition) is 4. The molecule has 1 aromatic carbocycles. The van der Waals surface area contributed by atoms with Crippen molar-refractivity contribution in [1.82, 2.24) is 0 Å². The van der Waals surface area contributed by atoms with Crippen LogP contribution in [0.4, 0.5) is 0 Å². The molecule has 18 heavy (non-hydrogen) atoms. The van der Waals surface area contributed by atoms with Crippen LogP contribution in [-0.2, 0) is 25.0 Å². The Hall–Kier alpha value is -1.07. The van der Waals surface area contributed by atoms with E-state index in [1.807, 2.05) is 0 Å². The van der Waals surface area contributed by atoms with Gasteiger partial charge in [0.2, 0.25) is 0 Å². The fourth-order valence-electron chi connectivity index (χ4n) is 1.52. The summed E-state index contributed by atoms with van der Waals surface area (Å²) in [5.74, 6) is -0.210. The van der Waals surface area contributed by atoms with Crippen LogP contribution < -0.4 is 0 Å². The molecule has 1 rings (SSSR count). The Morgan fingerprint density at radius 1 is 1.22 bits per heavy atom. The number of hydrogen-bond donors (Lipinski definition) is 0. The molecule has 0 radical (unpaired) electrons. The Labute approximate surface area is 111 Å². The molecule has 0 aliphatic rings. The van der Waals surface area contributed by atoms with Gasteiger partial charge < -0.3 is 4.74 Å². The van der Waals surface area contributed by atoms with Crippen molar-refractivity contribution < 1.29 is 17.9 Å². The maximum Gasteiger partial charge on any atom is 0.305 e. The molecular formula is C12H15ClO4S. The first-order chi connectivity index (χ1) is 8.43. The summed E-state index contributed by atoms with van der Waals surface area (Å²) in [4.78, 5) is 11.0. The molecule has 0 spiro atoms. The number of ether oxygens (including phenoxy) is 1. The highest BCUT2D eigenvalue weighted by Crippen LogP contribution is 2.16. The van der Waals surface area contributed by atoms with Crippen LogP contribution in [0, 0.1) is 0 Å². The molecular weight excluding hydrogens is 276 g/mol. The van der Waals surface area contributed by atoms with Crippen LogP contribution in [-0.4, -0.2) is 21.5 Å². The fraction of sp³-hybridized carbons (Fsp3) is 0.417. The molecule has 0 unspecified atom stereocenters. The van der Waals surface area contributed by atoms with Crippen molar-refractivity contribution in [2.75, 3.05) is 7.11 Å². The SMILES string of the molecule is COC(=O)CCCCc1ccc(S(=O)(=O)Cl)cc1. The highest BCUT2D eigenvalue weighted by atomic mass is 35.7. The molecule has 1 aromatic rings. The van der Waals surface area contributed by atoms with Crippen LogP contribution in [0.25, 0.3) is 0 Å². The first-order valence-electron chi connectivity index (χ1n) is 5.54. The quantitative estimate of drug-likeness (QED) is 0.459. The minimum Gasteiger partial charge on any atom is -0.469 e. The van der Waals surface area contributed by atoms with Crippen LogP contribution in [0.1, 0.15) is 24.8 Å². The lowest BCUT2D eigenvalue weighted by Crippen LogP contribution is -1.99. The molecule has 0 aliphatic heterocycles. The first-order valence-corrected chi connectivity index (χ1v) is 7.85. The summed E-state index contributed by atoms with van der Waals surface area (Å²) in [6, 6.07) is 6.43. The number of carbonyl (C=O) groups is 1. The van der Waals surface area contributed by atoms with Gasteiger partial charge in [0.25, 0.3) is 9.05 Å². The summed E-state index contributed by atoms with van der Waals surface area (Å²) in [5.41, 5.74) is 1.02. The van der Waals surface area contributed by atoms with Crippen LogP contribution in [0.3, 0.4) is 0 Å². The number of unbranched alkanes of at least 4 members (excludes halogenated alkanes) is 1. The van der Waals surface area contributed by atoms with Gasteiger partial charge >= 0.3 is 5.97 Å². The van der Waals surface area contributed by atoms with Gasteiger partial charge in [-0.1, -0.05) is 12.1 Å². The van der Waals surface area contributed by atoms with Gasteiger partial charge in [-0.25, -0.2) is 8.42 Å². The average molecular weight is 291 g/mol. The molecule has 0 atom stereocenters. The summed E-state index contributed by atoms with van der Waals surface area (Å²) in [6.07, 6.45) is 2.80. The lowest BCUT2D eigenvalue weighted by molar-refractivity contribution is -0.140. The van der Waals surface area contributed by atoms with E-state index in [0.717, 1.165) is 24.8 Å². The summed E-state index contributed by atoms with van der Waals surface area (Å²) >= 11 is 0. The second-order valence-corrected chi connectivity index (χ2v) is 6.43. The molecule has 0 N–H and O–H groups in total. The highest BCUT2D eigenvalue weighted by Gasteiger charge is 2.08. The summed E-state index contributed by atoms with van der Waals surface area (Å²) in [6.45, 7) is 0. The predicted octanol–water partition coefficient (Wildman–Crippen LogP) is 2.50. The average Bonchev–Trinajstić information content (AvgIpc) is 2.33. The molecule has 0 saturated heterocycles. The van der Waals surface area contributed by atoms with E-state index in [0.29, 0.717) is 6.42 Å². The minimum atomic E-state index is -3.65. The third kappa shape index (κ3) is 5.06. The van der Waals surface area contributed by atoms with E-state index in [1.54, 1.807) is 12.1 Å². The Morgan fingerprint density at radius 2 is 1.83 bits per heavy atom. The van der Waals surface area contributed by atoms with Gasteiger partial charge in [-0.3, -0.25) is 4.79 Å². The minimum absolute atomic E-state index is 0.0995. The number of aryl methyl sites for hydroxylation is 1. The number of benzene rings is 1. The van der Waals surface area contributed by atoms with Gasteiger partial charge in [0, 0.05) is 17.1 Å². The Kier molecular flexibility index (Phi) is 5.62. The zero-order chi connectivity index (χ0) is 13.6. The van der Waals surface area contributed by atoms with Crippen molar-refractivity contribution in [2.45, 2.75) is 30.6 Å². The van der Waals surface area contributed by atoms with E-state index >= 15 is 0 Å². The standard InChI is InChI=1S/C12H15ClO4S/c1-17-12(14)5-3-2-4-10-6-8-11(9-7-10)18(13,15)16/h6-9H,2-5H2,1H3. The summed E-state index contributed by atoms with van der Waals surface area (Å²) < 4.78 is 26.6. The molecule has 6 heteroatoms.